The maximum absolute atomic E-state index is 9.83. The van der Waals surface area contributed by atoms with E-state index in [1.54, 1.807) is 6.92 Å². The number of rotatable bonds is 4. The molecule has 0 spiro atoms. The van der Waals surface area contributed by atoms with E-state index in [-0.39, 0.29) is 13.2 Å². The van der Waals surface area contributed by atoms with Crippen molar-refractivity contribution in [2.75, 3.05) is 24.2 Å². The molecule has 1 atom stereocenters. The van der Waals surface area contributed by atoms with E-state index >= 15 is 0 Å². The van der Waals surface area contributed by atoms with Crippen LogP contribution < -0.4 is 11.1 Å². The number of nitrogens with zero attached hydrogens (tertiary/aromatic N) is 1. The number of hydrogen-bond acceptors (Lipinski definition) is 5. The second-order valence-electron chi connectivity index (χ2n) is 5.10. The number of anilines is 2. The highest BCUT2D eigenvalue weighted by Gasteiger charge is 2.19. The first-order valence-corrected chi connectivity index (χ1v) is 6.15. The lowest BCUT2D eigenvalue weighted by Crippen LogP contribution is -2.37. The number of aryl methyl sites for hydroxylation is 1. The standard InChI is InChI=1S/C14H19N3O2/c1-9-5-13(16-7-14(2,19)8-18)11-6-10(15)3-4-12(11)17-9/h3-6,18-19H,7-8,15H2,1-2H3,(H,16,17). The van der Waals surface area contributed by atoms with Crippen molar-refractivity contribution < 1.29 is 10.2 Å². The van der Waals surface area contributed by atoms with E-state index in [0.29, 0.717) is 5.69 Å². The van der Waals surface area contributed by atoms with Gasteiger partial charge in [-0.3, -0.25) is 4.98 Å². The lowest BCUT2D eigenvalue weighted by Gasteiger charge is -2.22. The summed E-state index contributed by atoms with van der Waals surface area (Å²) in [6, 6.07) is 7.42. The summed E-state index contributed by atoms with van der Waals surface area (Å²) in [5, 5.41) is 22.9. The van der Waals surface area contributed by atoms with Crippen LogP contribution in [0.4, 0.5) is 11.4 Å². The smallest absolute Gasteiger partial charge is 0.102 e. The average Bonchev–Trinajstić information content (AvgIpc) is 2.36. The second kappa shape index (κ2) is 5.03. The summed E-state index contributed by atoms with van der Waals surface area (Å²) in [7, 11) is 0. The van der Waals surface area contributed by atoms with Gasteiger partial charge in [0.15, 0.2) is 0 Å². The Bertz CT molecular complexity index is 597. The second-order valence-corrected chi connectivity index (χ2v) is 5.10. The van der Waals surface area contributed by atoms with E-state index in [9.17, 15) is 5.11 Å². The molecule has 5 N–H and O–H groups in total. The molecule has 1 heterocycles. The van der Waals surface area contributed by atoms with E-state index in [1.165, 1.54) is 0 Å². The van der Waals surface area contributed by atoms with Crippen molar-refractivity contribution in [3.05, 3.63) is 30.0 Å². The molecule has 1 aromatic carbocycles. The van der Waals surface area contributed by atoms with Gasteiger partial charge < -0.3 is 21.3 Å². The molecule has 5 heteroatoms. The zero-order valence-corrected chi connectivity index (χ0v) is 11.1. The van der Waals surface area contributed by atoms with Gasteiger partial charge in [-0.1, -0.05) is 0 Å². The maximum atomic E-state index is 9.83. The van der Waals surface area contributed by atoms with E-state index in [4.69, 9.17) is 10.8 Å². The molecule has 0 saturated heterocycles. The number of pyridine rings is 1. The minimum atomic E-state index is -1.16. The number of nitrogens with two attached hydrogens (primary N) is 1. The van der Waals surface area contributed by atoms with Crippen LogP contribution in [0.1, 0.15) is 12.6 Å². The van der Waals surface area contributed by atoms with E-state index in [0.717, 1.165) is 22.3 Å². The summed E-state index contributed by atoms with van der Waals surface area (Å²) in [5.74, 6) is 0. The van der Waals surface area contributed by atoms with E-state index in [2.05, 4.69) is 10.3 Å². The van der Waals surface area contributed by atoms with Crippen molar-refractivity contribution in [3.8, 4) is 0 Å². The van der Waals surface area contributed by atoms with Crippen LogP contribution in [0, 0.1) is 6.92 Å². The van der Waals surface area contributed by atoms with Gasteiger partial charge in [0.25, 0.3) is 0 Å². The Morgan fingerprint density at radius 2 is 2.11 bits per heavy atom. The van der Waals surface area contributed by atoms with Gasteiger partial charge in [0, 0.05) is 29.0 Å². The molecule has 2 rings (SSSR count). The van der Waals surface area contributed by atoms with Crippen LogP contribution in [-0.4, -0.2) is 33.9 Å². The van der Waals surface area contributed by atoms with Crippen LogP contribution in [0.2, 0.25) is 0 Å². The first-order valence-electron chi connectivity index (χ1n) is 6.15. The Labute approximate surface area is 112 Å². The Morgan fingerprint density at radius 3 is 2.79 bits per heavy atom. The molecule has 0 amide bonds. The normalized spacial score (nSPS) is 14.3. The van der Waals surface area contributed by atoms with Gasteiger partial charge in [-0.05, 0) is 38.1 Å². The lowest BCUT2D eigenvalue weighted by atomic mass is 10.1. The summed E-state index contributed by atoms with van der Waals surface area (Å²) < 4.78 is 0. The number of benzene rings is 1. The minimum Gasteiger partial charge on any atom is -0.399 e. The van der Waals surface area contributed by atoms with Crippen LogP contribution >= 0.6 is 0 Å². The number of aromatic nitrogens is 1. The first-order chi connectivity index (χ1) is 8.91. The zero-order chi connectivity index (χ0) is 14.0. The molecule has 19 heavy (non-hydrogen) atoms. The minimum absolute atomic E-state index is 0.247. The third-order valence-electron chi connectivity index (χ3n) is 2.96. The molecular weight excluding hydrogens is 242 g/mol. The number of aliphatic hydroxyl groups excluding tert-OH is 1. The monoisotopic (exact) mass is 261 g/mol. The zero-order valence-electron chi connectivity index (χ0n) is 11.1. The van der Waals surface area contributed by atoms with Crippen LogP contribution in [0.5, 0.6) is 0 Å². The molecule has 0 fully saturated rings. The summed E-state index contributed by atoms with van der Waals surface area (Å²) in [6.45, 7) is 3.43. The van der Waals surface area contributed by atoms with Gasteiger partial charge in [-0.25, -0.2) is 0 Å². The van der Waals surface area contributed by atoms with Gasteiger partial charge in [0.05, 0.1) is 12.1 Å². The van der Waals surface area contributed by atoms with Gasteiger partial charge in [0.1, 0.15) is 5.60 Å². The van der Waals surface area contributed by atoms with Crippen molar-refractivity contribution >= 4 is 22.3 Å². The number of hydrogen-bond donors (Lipinski definition) is 4. The van der Waals surface area contributed by atoms with Crippen LogP contribution in [-0.2, 0) is 0 Å². The Kier molecular flexibility index (Phi) is 3.59. The molecule has 0 aliphatic heterocycles. The lowest BCUT2D eigenvalue weighted by molar-refractivity contribution is 0.0132. The summed E-state index contributed by atoms with van der Waals surface area (Å²) in [5.41, 5.74) is 7.87. The van der Waals surface area contributed by atoms with Crippen LogP contribution in [0.25, 0.3) is 10.9 Å². The quantitative estimate of drug-likeness (QED) is 0.622. The molecule has 0 saturated carbocycles. The highest BCUT2D eigenvalue weighted by Crippen LogP contribution is 2.25. The van der Waals surface area contributed by atoms with Gasteiger partial charge in [0.2, 0.25) is 0 Å². The molecule has 102 valence electrons. The van der Waals surface area contributed by atoms with Crippen molar-refractivity contribution in [1.29, 1.82) is 0 Å². The predicted octanol–water partition coefficient (Wildman–Crippen LogP) is 1.28. The molecule has 1 unspecified atom stereocenters. The van der Waals surface area contributed by atoms with Crippen LogP contribution in [0.15, 0.2) is 24.3 Å². The fourth-order valence-corrected chi connectivity index (χ4v) is 1.86. The van der Waals surface area contributed by atoms with Crippen molar-refractivity contribution in [1.82, 2.24) is 4.98 Å². The topological polar surface area (TPSA) is 91.4 Å². The van der Waals surface area contributed by atoms with Gasteiger partial charge in [-0.15, -0.1) is 0 Å². The average molecular weight is 261 g/mol. The molecule has 0 radical (unpaired) electrons. The Morgan fingerprint density at radius 1 is 1.37 bits per heavy atom. The first kappa shape index (κ1) is 13.6. The number of nitrogen functional groups attached to an aromatic ring is 1. The van der Waals surface area contributed by atoms with E-state index < -0.39 is 5.60 Å². The maximum Gasteiger partial charge on any atom is 0.102 e. The fourth-order valence-electron chi connectivity index (χ4n) is 1.86. The summed E-state index contributed by atoms with van der Waals surface area (Å²) in [4.78, 5) is 4.43. The number of nitrogens with one attached hydrogen (secondary N) is 1. The highest BCUT2D eigenvalue weighted by molar-refractivity contribution is 5.93. The number of aliphatic hydroxyl groups is 2. The molecular formula is C14H19N3O2. The Balaban J connectivity index is 2.38. The third kappa shape index (κ3) is 3.13. The highest BCUT2D eigenvalue weighted by atomic mass is 16.3. The fraction of sp³-hybridized carbons (Fsp3) is 0.357. The van der Waals surface area contributed by atoms with Crippen molar-refractivity contribution in [2.45, 2.75) is 19.4 Å². The summed E-state index contributed by atoms with van der Waals surface area (Å²) in [6.07, 6.45) is 0. The summed E-state index contributed by atoms with van der Waals surface area (Å²) >= 11 is 0. The Hall–Kier alpha value is -1.85. The van der Waals surface area contributed by atoms with Crippen molar-refractivity contribution in [2.24, 2.45) is 0 Å². The van der Waals surface area contributed by atoms with E-state index in [1.807, 2.05) is 31.2 Å². The third-order valence-corrected chi connectivity index (χ3v) is 2.96. The number of fused-ring (bicyclic) bond motifs is 1. The van der Waals surface area contributed by atoms with Crippen LogP contribution in [0.3, 0.4) is 0 Å². The van der Waals surface area contributed by atoms with Crippen molar-refractivity contribution in [3.63, 3.8) is 0 Å². The molecule has 2 aromatic rings. The molecule has 0 aliphatic carbocycles. The SMILES string of the molecule is Cc1cc(NCC(C)(O)CO)c2cc(N)ccc2n1. The van der Waals surface area contributed by atoms with Gasteiger partial charge in [-0.2, -0.15) is 0 Å². The molecule has 0 aliphatic rings. The predicted molar refractivity (Wildman–Crippen MR) is 77.1 cm³/mol. The molecule has 0 bridgehead atoms. The largest absolute Gasteiger partial charge is 0.399 e. The molecule has 1 aromatic heterocycles. The van der Waals surface area contributed by atoms with Gasteiger partial charge >= 0.3 is 0 Å². The molecule has 5 nitrogen and oxygen atoms in total.